The van der Waals surface area contributed by atoms with E-state index in [-0.39, 0.29) is 5.91 Å². The van der Waals surface area contributed by atoms with Gasteiger partial charge in [-0.15, -0.1) is 11.3 Å². The van der Waals surface area contributed by atoms with Gasteiger partial charge in [-0.3, -0.25) is 4.79 Å². The third-order valence-corrected chi connectivity index (χ3v) is 6.49. The van der Waals surface area contributed by atoms with Crippen molar-refractivity contribution in [2.45, 2.75) is 13.0 Å². The summed E-state index contributed by atoms with van der Waals surface area (Å²) < 4.78 is 0. The number of thiophene rings is 1. The van der Waals surface area contributed by atoms with Gasteiger partial charge in [0.2, 0.25) is 0 Å². The Hall–Kier alpha value is -3.52. The highest BCUT2D eigenvalue weighted by molar-refractivity contribution is 7.15. The number of benzene rings is 1. The Morgan fingerprint density at radius 1 is 1.17 bits per heavy atom. The van der Waals surface area contributed by atoms with Crippen LogP contribution in [0, 0.1) is 0 Å². The number of nitrogens with two attached hydrogens (primary N) is 1. The van der Waals surface area contributed by atoms with Crippen molar-refractivity contribution in [1.82, 2.24) is 19.9 Å². The molecule has 4 aromatic rings. The van der Waals surface area contributed by atoms with Crippen LogP contribution in [0.2, 0.25) is 0 Å². The minimum absolute atomic E-state index is 0.0229. The Morgan fingerprint density at radius 2 is 2.07 bits per heavy atom. The van der Waals surface area contributed by atoms with E-state index in [0.717, 1.165) is 44.7 Å². The zero-order valence-corrected chi connectivity index (χ0v) is 17.2. The van der Waals surface area contributed by atoms with Gasteiger partial charge in [-0.25, -0.2) is 15.0 Å². The lowest BCUT2D eigenvalue weighted by Gasteiger charge is -2.26. The monoisotopic (exact) mass is 416 g/mol. The summed E-state index contributed by atoms with van der Waals surface area (Å²) in [6, 6.07) is 12.1. The molecule has 8 heteroatoms. The van der Waals surface area contributed by atoms with Gasteiger partial charge in [0, 0.05) is 34.9 Å². The van der Waals surface area contributed by atoms with Gasteiger partial charge in [0.15, 0.2) is 0 Å². The van der Waals surface area contributed by atoms with Gasteiger partial charge in [0.1, 0.15) is 18.0 Å². The fourth-order valence-electron chi connectivity index (χ4n) is 3.69. The van der Waals surface area contributed by atoms with Crippen LogP contribution in [0.3, 0.4) is 0 Å². The predicted octanol–water partition coefficient (Wildman–Crippen LogP) is 3.58. The number of nitrogen functional groups attached to an aromatic ring is 1. The lowest BCUT2D eigenvalue weighted by molar-refractivity contribution is 0.0781. The Balaban J connectivity index is 1.38. The number of rotatable bonds is 4. The molecule has 0 aliphatic carbocycles. The Bertz CT molecular complexity index is 1270. The van der Waals surface area contributed by atoms with Crippen LogP contribution >= 0.6 is 11.3 Å². The summed E-state index contributed by atoms with van der Waals surface area (Å²) in [5, 5.41) is 4.21. The van der Waals surface area contributed by atoms with Gasteiger partial charge in [-0.05, 0) is 47.9 Å². The highest BCUT2D eigenvalue weighted by Gasteiger charge is 2.25. The van der Waals surface area contributed by atoms with E-state index in [9.17, 15) is 4.79 Å². The summed E-state index contributed by atoms with van der Waals surface area (Å²) in [4.78, 5) is 29.4. The minimum Gasteiger partial charge on any atom is -0.383 e. The second kappa shape index (κ2) is 7.38. The van der Waals surface area contributed by atoms with Crippen molar-refractivity contribution >= 4 is 39.8 Å². The van der Waals surface area contributed by atoms with Gasteiger partial charge >= 0.3 is 0 Å². The topological polar surface area (TPSA) is 97.0 Å². The van der Waals surface area contributed by atoms with E-state index in [1.807, 2.05) is 31.3 Å². The largest absolute Gasteiger partial charge is 0.383 e. The Labute approximate surface area is 177 Å². The standard InChI is InChI=1S/C22H20N6OS/c1-28-9-7-13-6-8-24-21(19(13)22(28)29)25-11-15-3-5-18(30-15)14-2-4-17-16(10-14)20(23)27-12-26-17/h2-6,8,10,12H,7,9,11H2,1H3,(H,24,25)(H2,23,26,27). The quantitative estimate of drug-likeness (QED) is 0.528. The molecule has 0 atom stereocenters. The normalized spacial score (nSPS) is 13.5. The highest BCUT2D eigenvalue weighted by atomic mass is 32.1. The summed E-state index contributed by atoms with van der Waals surface area (Å²) in [5.41, 5.74) is 9.65. The third-order valence-electron chi connectivity index (χ3n) is 5.36. The van der Waals surface area contributed by atoms with E-state index in [1.54, 1.807) is 22.4 Å². The Morgan fingerprint density at radius 3 is 2.97 bits per heavy atom. The molecule has 1 aliphatic heterocycles. The zero-order chi connectivity index (χ0) is 20.7. The van der Waals surface area contributed by atoms with Crippen molar-refractivity contribution in [1.29, 1.82) is 0 Å². The number of nitrogens with one attached hydrogen (secondary N) is 1. The molecule has 0 radical (unpaired) electrons. The van der Waals surface area contributed by atoms with E-state index in [2.05, 4.69) is 32.4 Å². The number of nitrogens with zero attached hydrogens (tertiary/aromatic N) is 4. The van der Waals surface area contributed by atoms with Crippen LogP contribution in [0.5, 0.6) is 0 Å². The maximum atomic E-state index is 12.6. The van der Waals surface area contributed by atoms with E-state index >= 15 is 0 Å². The van der Waals surface area contributed by atoms with Gasteiger partial charge in [0.05, 0.1) is 17.6 Å². The van der Waals surface area contributed by atoms with Crippen LogP contribution < -0.4 is 11.1 Å². The molecule has 0 unspecified atom stereocenters. The molecule has 30 heavy (non-hydrogen) atoms. The van der Waals surface area contributed by atoms with Gasteiger partial charge in [-0.2, -0.15) is 0 Å². The average molecular weight is 417 g/mol. The minimum atomic E-state index is 0.0229. The SMILES string of the molecule is CN1CCc2ccnc(NCc3ccc(-c4ccc5ncnc(N)c5c4)s3)c2C1=O. The maximum Gasteiger partial charge on any atom is 0.257 e. The van der Waals surface area contributed by atoms with Crippen LogP contribution in [0.15, 0.2) is 48.9 Å². The molecule has 1 amide bonds. The van der Waals surface area contributed by atoms with Crippen molar-refractivity contribution in [2.75, 3.05) is 24.6 Å². The highest BCUT2D eigenvalue weighted by Crippen LogP contribution is 2.32. The number of pyridine rings is 1. The molecule has 1 aromatic carbocycles. The number of carbonyl (C=O) groups excluding carboxylic acids is 1. The van der Waals surface area contributed by atoms with Crippen molar-refractivity contribution < 1.29 is 4.79 Å². The number of anilines is 2. The number of fused-ring (bicyclic) bond motifs is 2. The Kier molecular flexibility index (Phi) is 4.55. The van der Waals surface area contributed by atoms with Gasteiger partial charge in [0.25, 0.3) is 5.91 Å². The molecular formula is C22H20N6OS. The molecule has 5 rings (SSSR count). The summed E-state index contributed by atoms with van der Waals surface area (Å²) in [6.45, 7) is 1.34. The number of hydrogen-bond acceptors (Lipinski definition) is 7. The summed E-state index contributed by atoms with van der Waals surface area (Å²) in [5.74, 6) is 1.15. The van der Waals surface area contributed by atoms with E-state index < -0.39 is 0 Å². The second-order valence-electron chi connectivity index (χ2n) is 7.28. The molecule has 7 nitrogen and oxygen atoms in total. The molecule has 4 heterocycles. The average Bonchev–Trinajstić information content (AvgIpc) is 3.24. The molecule has 0 saturated carbocycles. The lowest BCUT2D eigenvalue weighted by atomic mass is 10.0. The third kappa shape index (κ3) is 3.25. The molecule has 3 aromatic heterocycles. The van der Waals surface area contributed by atoms with E-state index in [0.29, 0.717) is 23.7 Å². The molecule has 1 aliphatic rings. The molecule has 3 N–H and O–H groups in total. The first-order chi connectivity index (χ1) is 14.6. The predicted molar refractivity (Wildman–Crippen MR) is 119 cm³/mol. The van der Waals surface area contributed by atoms with E-state index in [4.69, 9.17) is 5.73 Å². The van der Waals surface area contributed by atoms with E-state index in [1.165, 1.54) is 6.33 Å². The maximum absolute atomic E-state index is 12.6. The fourth-order valence-corrected chi connectivity index (χ4v) is 4.64. The first kappa shape index (κ1) is 18.5. The van der Waals surface area contributed by atoms with Crippen LogP contribution in [0.25, 0.3) is 21.3 Å². The van der Waals surface area contributed by atoms with Crippen LogP contribution in [-0.2, 0) is 13.0 Å². The smallest absolute Gasteiger partial charge is 0.257 e. The molecule has 0 bridgehead atoms. The zero-order valence-electron chi connectivity index (χ0n) is 16.4. The summed E-state index contributed by atoms with van der Waals surface area (Å²) >= 11 is 1.69. The molecule has 150 valence electrons. The number of likely N-dealkylation sites (N-methyl/N-ethyl adjacent to an activating group) is 1. The number of carbonyl (C=O) groups is 1. The van der Waals surface area contributed by atoms with Crippen molar-refractivity contribution in [2.24, 2.45) is 0 Å². The lowest BCUT2D eigenvalue weighted by Crippen LogP contribution is -2.35. The number of amides is 1. The molecule has 0 saturated heterocycles. The molecule has 0 spiro atoms. The number of hydrogen-bond donors (Lipinski definition) is 2. The van der Waals surface area contributed by atoms with Gasteiger partial charge in [-0.1, -0.05) is 6.07 Å². The van der Waals surface area contributed by atoms with Gasteiger partial charge < -0.3 is 16.0 Å². The summed E-state index contributed by atoms with van der Waals surface area (Å²) in [6.07, 6.45) is 4.10. The number of aromatic nitrogens is 3. The second-order valence-corrected chi connectivity index (χ2v) is 8.45. The van der Waals surface area contributed by atoms with Crippen molar-refractivity contribution in [3.8, 4) is 10.4 Å². The van der Waals surface area contributed by atoms with Crippen LogP contribution in [0.4, 0.5) is 11.6 Å². The summed E-state index contributed by atoms with van der Waals surface area (Å²) in [7, 11) is 1.83. The van der Waals surface area contributed by atoms with Crippen molar-refractivity contribution in [3.05, 3.63) is 64.9 Å². The fraction of sp³-hybridized carbons (Fsp3) is 0.182. The van der Waals surface area contributed by atoms with Crippen LogP contribution in [-0.4, -0.2) is 39.4 Å². The molecular weight excluding hydrogens is 396 g/mol. The first-order valence-corrected chi connectivity index (χ1v) is 10.5. The van der Waals surface area contributed by atoms with Crippen LogP contribution in [0.1, 0.15) is 20.8 Å². The molecule has 0 fully saturated rings. The first-order valence-electron chi connectivity index (χ1n) is 9.66. The van der Waals surface area contributed by atoms with Crippen molar-refractivity contribution in [3.63, 3.8) is 0 Å².